The Balaban J connectivity index is 3.94. The van der Waals surface area contributed by atoms with Crippen molar-refractivity contribution in [2.45, 2.75) is 215 Å². The number of hydrogen-bond donors (Lipinski definition) is 0. The van der Waals surface area contributed by atoms with Gasteiger partial charge in [0.25, 0.3) is 0 Å². The highest BCUT2D eigenvalue weighted by Gasteiger charge is 2.12. The van der Waals surface area contributed by atoms with Crippen LogP contribution in [0.3, 0.4) is 0 Å². The third-order valence-electron chi connectivity index (χ3n) is 8.62. The van der Waals surface area contributed by atoms with Crippen molar-refractivity contribution >= 4 is 8.60 Å². The van der Waals surface area contributed by atoms with Gasteiger partial charge in [-0.05, 0) is 37.0 Å². The van der Waals surface area contributed by atoms with Crippen molar-refractivity contribution in [2.24, 2.45) is 17.8 Å². The van der Waals surface area contributed by atoms with E-state index in [2.05, 4.69) is 41.5 Å². The SMILES string of the molecule is CC(C)CCCCCCCCCCOP(OCCCCCCCCCCC(C)C)OCCCCCCCCCCC(C)C. The third kappa shape index (κ3) is 38.4. The van der Waals surface area contributed by atoms with Crippen molar-refractivity contribution in [3.05, 3.63) is 0 Å². The van der Waals surface area contributed by atoms with Crippen LogP contribution < -0.4 is 0 Å². The summed E-state index contributed by atoms with van der Waals surface area (Å²) in [7, 11) is -1.18. The quantitative estimate of drug-likeness (QED) is 0.0510. The second kappa shape index (κ2) is 35.2. The first-order valence-electron chi connectivity index (χ1n) is 19.6. The van der Waals surface area contributed by atoms with Gasteiger partial charge in [0.1, 0.15) is 0 Å². The zero-order chi connectivity index (χ0) is 31.6. The van der Waals surface area contributed by atoms with E-state index in [0.29, 0.717) is 0 Å². The molecular formula is C39H81O3P. The second-order valence-electron chi connectivity index (χ2n) is 14.8. The van der Waals surface area contributed by atoms with Crippen LogP contribution in [-0.2, 0) is 13.6 Å². The van der Waals surface area contributed by atoms with Gasteiger partial charge in [0.2, 0.25) is 0 Å². The largest absolute Gasteiger partial charge is 0.332 e. The van der Waals surface area contributed by atoms with E-state index in [4.69, 9.17) is 13.6 Å². The van der Waals surface area contributed by atoms with Crippen LogP contribution in [0.25, 0.3) is 0 Å². The van der Waals surface area contributed by atoms with Gasteiger partial charge in [-0.25, -0.2) is 0 Å². The molecular weight excluding hydrogens is 547 g/mol. The van der Waals surface area contributed by atoms with Gasteiger partial charge in [-0.3, -0.25) is 0 Å². The molecule has 0 saturated heterocycles. The maximum atomic E-state index is 6.14. The highest BCUT2D eigenvalue weighted by Crippen LogP contribution is 2.40. The highest BCUT2D eigenvalue weighted by molar-refractivity contribution is 7.41. The summed E-state index contributed by atoms with van der Waals surface area (Å²) in [4.78, 5) is 0. The molecule has 0 aromatic heterocycles. The topological polar surface area (TPSA) is 27.7 Å². The minimum Gasteiger partial charge on any atom is -0.312 e. The average molecular weight is 629 g/mol. The summed E-state index contributed by atoms with van der Waals surface area (Å²) in [5.74, 6) is 2.57. The highest BCUT2D eigenvalue weighted by atomic mass is 31.2. The molecule has 0 aliphatic rings. The molecule has 0 aliphatic heterocycles. The first kappa shape index (κ1) is 43.3. The van der Waals surface area contributed by atoms with Crippen LogP contribution in [-0.4, -0.2) is 19.8 Å². The van der Waals surface area contributed by atoms with Crippen LogP contribution in [0.5, 0.6) is 0 Å². The lowest BCUT2D eigenvalue weighted by atomic mass is 10.0. The molecule has 0 N–H and O–H groups in total. The van der Waals surface area contributed by atoms with Crippen molar-refractivity contribution in [3.63, 3.8) is 0 Å². The second-order valence-corrected chi connectivity index (χ2v) is 16.0. The summed E-state index contributed by atoms with van der Waals surface area (Å²) in [5, 5.41) is 0. The molecule has 0 saturated carbocycles. The minimum atomic E-state index is -1.18. The Morgan fingerprint density at radius 2 is 0.465 bits per heavy atom. The summed E-state index contributed by atoms with van der Waals surface area (Å²) in [6.45, 7) is 16.4. The van der Waals surface area contributed by atoms with E-state index in [1.807, 2.05) is 0 Å². The van der Waals surface area contributed by atoms with Gasteiger partial charge >= 0.3 is 8.60 Å². The van der Waals surface area contributed by atoms with E-state index < -0.39 is 8.60 Å². The summed E-state index contributed by atoms with van der Waals surface area (Å²) in [5.41, 5.74) is 0. The van der Waals surface area contributed by atoms with E-state index >= 15 is 0 Å². The Hall–Kier alpha value is 0.310. The van der Waals surface area contributed by atoms with Crippen LogP contribution in [0.2, 0.25) is 0 Å². The lowest BCUT2D eigenvalue weighted by Crippen LogP contribution is -2.00. The molecule has 0 atom stereocenters. The van der Waals surface area contributed by atoms with Crippen molar-refractivity contribution in [1.29, 1.82) is 0 Å². The Morgan fingerprint density at radius 1 is 0.279 bits per heavy atom. The molecule has 0 rings (SSSR count). The van der Waals surface area contributed by atoms with Crippen LogP contribution in [0, 0.1) is 17.8 Å². The van der Waals surface area contributed by atoms with Crippen LogP contribution >= 0.6 is 8.60 Å². The fraction of sp³-hybridized carbons (Fsp3) is 1.00. The van der Waals surface area contributed by atoms with Gasteiger partial charge in [0.05, 0.1) is 19.8 Å². The van der Waals surface area contributed by atoms with Crippen molar-refractivity contribution in [3.8, 4) is 0 Å². The van der Waals surface area contributed by atoms with Crippen molar-refractivity contribution in [1.82, 2.24) is 0 Å². The minimum absolute atomic E-state index is 0.785. The Morgan fingerprint density at radius 3 is 0.674 bits per heavy atom. The van der Waals surface area contributed by atoms with Crippen LogP contribution in [0.15, 0.2) is 0 Å². The van der Waals surface area contributed by atoms with Gasteiger partial charge < -0.3 is 13.6 Å². The standard InChI is InChI=1S/C39H81O3P/c1-37(2)31-25-19-13-7-10-16-22-28-34-40-43(41-35-29-23-17-11-8-14-20-26-32-38(3)4)42-36-30-24-18-12-9-15-21-27-33-39(5)6/h37-39H,7-36H2,1-6H3. The first-order valence-corrected chi connectivity index (χ1v) is 20.7. The van der Waals surface area contributed by atoms with Gasteiger partial charge in [0.15, 0.2) is 0 Å². The normalized spacial score (nSPS) is 12.1. The summed E-state index contributed by atoms with van der Waals surface area (Å²) in [6, 6.07) is 0. The molecule has 0 unspecified atom stereocenters. The molecule has 0 heterocycles. The summed E-state index contributed by atoms with van der Waals surface area (Å²) < 4.78 is 18.4. The van der Waals surface area contributed by atoms with E-state index in [1.54, 1.807) is 0 Å². The van der Waals surface area contributed by atoms with Crippen molar-refractivity contribution in [2.75, 3.05) is 19.8 Å². The molecule has 0 amide bonds. The lowest BCUT2D eigenvalue weighted by molar-refractivity contribution is 0.153. The monoisotopic (exact) mass is 629 g/mol. The van der Waals surface area contributed by atoms with Crippen LogP contribution in [0.1, 0.15) is 215 Å². The molecule has 0 fully saturated rings. The molecule has 0 aromatic rings. The lowest BCUT2D eigenvalue weighted by Gasteiger charge is -2.17. The first-order chi connectivity index (χ1) is 20.9. The molecule has 0 radical (unpaired) electrons. The zero-order valence-electron chi connectivity index (χ0n) is 30.6. The van der Waals surface area contributed by atoms with Gasteiger partial charge in [-0.15, -0.1) is 0 Å². The fourth-order valence-electron chi connectivity index (χ4n) is 5.67. The van der Waals surface area contributed by atoms with Gasteiger partial charge in [0, 0.05) is 0 Å². The van der Waals surface area contributed by atoms with Gasteiger partial charge in [-0.2, -0.15) is 0 Å². The summed E-state index contributed by atoms with van der Waals surface area (Å²) in [6.07, 6.45) is 36.4. The molecule has 0 spiro atoms. The molecule has 4 heteroatoms. The van der Waals surface area contributed by atoms with E-state index in [9.17, 15) is 0 Å². The van der Waals surface area contributed by atoms with E-state index in [-0.39, 0.29) is 0 Å². The van der Waals surface area contributed by atoms with E-state index in [1.165, 1.54) is 154 Å². The third-order valence-corrected chi connectivity index (χ3v) is 9.80. The molecule has 0 bridgehead atoms. The average Bonchev–Trinajstić information content (AvgIpc) is 2.96. The maximum absolute atomic E-state index is 6.14. The van der Waals surface area contributed by atoms with Gasteiger partial charge in [-0.1, -0.05) is 196 Å². The number of unbranched alkanes of at least 4 members (excludes halogenated alkanes) is 21. The summed E-state index contributed by atoms with van der Waals surface area (Å²) >= 11 is 0. The molecule has 3 nitrogen and oxygen atoms in total. The molecule has 43 heavy (non-hydrogen) atoms. The smallest absolute Gasteiger partial charge is 0.312 e. The number of hydrogen-bond acceptors (Lipinski definition) is 3. The zero-order valence-corrected chi connectivity index (χ0v) is 31.5. The molecule has 0 aromatic carbocycles. The fourth-order valence-corrected chi connectivity index (χ4v) is 6.73. The van der Waals surface area contributed by atoms with Crippen LogP contribution in [0.4, 0.5) is 0 Å². The Bertz CT molecular complexity index is 439. The maximum Gasteiger partial charge on any atom is 0.332 e. The molecule has 0 aliphatic carbocycles. The predicted octanol–water partition coefficient (Wildman–Crippen LogP) is 14.8. The van der Waals surface area contributed by atoms with E-state index in [0.717, 1.165) is 56.8 Å². The Kier molecular flexibility index (Phi) is 35.4. The molecule has 260 valence electrons. The predicted molar refractivity (Wildman–Crippen MR) is 194 cm³/mol. The van der Waals surface area contributed by atoms with Crippen molar-refractivity contribution < 1.29 is 13.6 Å². The Labute approximate surface area is 274 Å². The number of rotatable bonds is 36.